The molecule has 0 aromatic rings. The van der Waals surface area contributed by atoms with Crippen LogP contribution in [-0.2, 0) is 19.1 Å². The lowest BCUT2D eigenvalue weighted by Crippen LogP contribution is -2.35. The molecule has 0 aromatic carbocycles. The first-order chi connectivity index (χ1) is 7.41. The van der Waals surface area contributed by atoms with Crippen LogP contribution in [0.4, 0.5) is 4.39 Å². The standard InChI is InChI=1S/C8H12FNO6/c9-4-1-3(16-6(4)10)2-15-5(7(11)12)8(13)14/h3-6H,1-2,10H2,(H,11,12)(H,13,14). The number of carboxylic acids is 2. The fourth-order valence-electron chi connectivity index (χ4n) is 1.31. The third-order valence-corrected chi connectivity index (χ3v) is 2.09. The second-order valence-electron chi connectivity index (χ2n) is 3.36. The second kappa shape index (κ2) is 5.19. The monoisotopic (exact) mass is 237 g/mol. The van der Waals surface area contributed by atoms with Gasteiger partial charge in [0.05, 0.1) is 12.7 Å². The number of aliphatic carboxylic acids is 2. The van der Waals surface area contributed by atoms with Crippen molar-refractivity contribution in [2.45, 2.75) is 31.0 Å². The first-order valence-electron chi connectivity index (χ1n) is 4.54. The number of ether oxygens (including phenoxy) is 2. The number of halogens is 1. The van der Waals surface area contributed by atoms with Gasteiger partial charge in [0.25, 0.3) is 6.10 Å². The smallest absolute Gasteiger partial charge is 0.344 e. The largest absolute Gasteiger partial charge is 0.479 e. The number of nitrogens with two attached hydrogens (primary N) is 1. The number of rotatable bonds is 5. The molecule has 7 nitrogen and oxygen atoms in total. The fourth-order valence-corrected chi connectivity index (χ4v) is 1.31. The van der Waals surface area contributed by atoms with Crippen LogP contribution in [0.1, 0.15) is 6.42 Å². The average Bonchev–Trinajstić information content (AvgIpc) is 2.45. The molecule has 0 aliphatic carbocycles. The highest BCUT2D eigenvalue weighted by Gasteiger charge is 2.35. The predicted molar refractivity (Wildman–Crippen MR) is 47.4 cm³/mol. The maximum atomic E-state index is 12.9. The molecule has 92 valence electrons. The van der Waals surface area contributed by atoms with E-state index in [1.165, 1.54) is 0 Å². The average molecular weight is 237 g/mol. The summed E-state index contributed by atoms with van der Waals surface area (Å²) >= 11 is 0. The van der Waals surface area contributed by atoms with Crippen LogP contribution in [0.5, 0.6) is 0 Å². The molecular formula is C8H12FNO6. The molecule has 16 heavy (non-hydrogen) atoms. The first kappa shape index (κ1) is 12.8. The Hall–Kier alpha value is -1.25. The molecule has 1 fully saturated rings. The van der Waals surface area contributed by atoms with Gasteiger partial charge in [0.15, 0.2) is 0 Å². The molecule has 0 radical (unpaired) electrons. The van der Waals surface area contributed by atoms with Crippen molar-refractivity contribution in [3.63, 3.8) is 0 Å². The van der Waals surface area contributed by atoms with E-state index >= 15 is 0 Å². The van der Waals surface area contributed by atoms with Crippen LogP contribution in [0.2, 0.25) is 0 Å². The van der Waals surface area contributed by atoms with Gasteiger partial charge in [-0.1, -0.05) is 0 Å². The third kappa shape index (κ3) is 3.12. The summed E-state index contributed by atoms with van der Waals surface area (Å²) in [6.45, 7) is -0.322. The molecule has 1 saturated heterocycles. The predicted octanol–water partition coefficient (Wildman–Crippen LogP) is -1.05. The molecule has 3 unspecified atom stereocenters. The van der Waals surface area contributed by atoms with Crippen LogP contribution >= 0.6 is 0 Å². The van der Waals surface area contributed by atoms with E-state index in [1.54, 1.807) is 0 Å². The molecule has 3 atom stereocenters. The van der Waals surface area contributed by atoms with Gasteiger partial charge in [-0.05, 0) is 0 Å². The topological polar surface area (TPSA) is 119 Å². The zero-order valence-electron chi connectivity index (χ0n) is 8.21. The molecule has 0 aromatic heterocycles. The normalized spacial score (nSPS) is 29.6. The van der Waals surface area contributed by atoms with Crippen molar-refractivity contribution in [3.05, 3.63) is 0 Å². The molecule has 1 aliphatic rings. The molecule has 0 saturated carbocycles. The quantitative estimate of drug-likeness (QED) is 0.522. The Morgan fingerprint density at radius 1 is 1.50 bits per heavy atom. The molecule has 0 spiro atoms. The van der Waals surface area contributed by atoms with Gasteiger partial charge in [-0.3, -0.25) is 0 Å². The summed E-state index contributed by atoms with van der Waals surface area (Å²) in [5, 5.41) is 17.0. The minimum atomic E-state index is -1.97. The van der Waals surface area contributed by atoms with E-state index in [-0.39, 0.29) is 13.0 Å². The van der Waals surface area contributed by atoms with Gasteiger partial charge in [0.1, 0.15) is 12.4 Å². The highest BCUT2D eigenvalue weighted by molar-refractivity contribution is 5.95. The Kier molecular flexibility index (Phi) is 4.16. The lowest BCUT2D eigenvalue weighted by atomic mass is 10.2. The van der Waals surface area contributed by atoms with Crippen molar-refractivity contribution in [3.8, 4) is 0 Å². The Bertz CT molecular complexity index is 262. The van der Waals surface area contributed by atoms with Crippen LogP contribution in [0.15, 0.2) is 0 Å². The van der Waals surface area contributed by atoms with Crippen LogP contribution in [0, 0.1) is 0 Å². The molecule has 0 amide bonds. The van der Waals surface area contributed by atoms with E-state index < -0.39 is 36.5 Å². The van der Waals surface area contributed by atoms with Crippen LogP contribution in [0.3, 0.4) is 0 Å². The van der Waals surface area contributed by atoms with Gasteiger partial charge in [0.2, 0.25) is 0 Å². The van der Waals surface area contributed by atoms with Gasteiger partial charge in [-0.25, -0.2) is 14.0 Å². The van der Waals surface area contributed by atoms with E-state index in [4.69, 9.17) is 20.7 Å². The SMILES string of the molecule is NC1OC(COC(C(=O)O)C(=O)O)CC1F. The van der Waals surface area contributed by atoms with E-state index in [0.717, 1.165) is 0 Å². The summed E-state index contributed by atoms with van der Waals surface area (Å²) in [5.41, 5.74) is 5.21. The Morgan fingerprint density at radius 2 is 2.06 bits per heavy atom. The van der Waals surface area contributed by atoms with Crippen molar-refractivity contribution in [2.24, 2.45) is 5.73 Å². The zero-order valence-corrected chi connectivity index (χ0v) is 8.21. The highest BCUT2D eigenvalue weighted by atomic mass is 19.1. The molecule has 1 rings (SSSR count). The highest BCUT2D eigenvalue weighted by Crippen LogP contribution is 2.20. The summed E-state index contributed by atoms with van der Waals surface area (Å²) in [5.74, 6) is -3.24. The fraction of sp³-hybridized carbons (Fsp3) is 0.750. The van der Waals surface area contributed by atoms with Crippen molar-refractivity contribution >= 4 is 11.9 Å². The third-order valence-electron chi connectivity index (χ3n) is 2.09. The summed E-state index contributed by atoms with van der Waals surface area (Å²) in [6, 6.07) is 0. The maximum Gasteiger partial charge on any atom is 0.344 e. The van der Waals surface area contributed by atoms with E-state index in [1.807, 2.05) is 0 Å². The number of carbonyl (C=O) groups is 2. The number of carboxylic acid groups (broad SMARTS) is 2. The Labute approximate surface area is 89.9 Å². The van der Waals surface area contributed by atoms with Crippen molar-refractivity contribution in [1.29, 1.82) is 0 Å². The number of alkyl halides is 1. The molecule has 8 heteroatoms. The molecule has 1 heterocycles. The molecule has 4 N–H and O–H groups in total. The van der Waals surface area contributed by atoms with Crippen LogP contribution < -0.4 is 5.73 Å². The van der Waals surface area contributed by atoms with E-state index in [9.17, 15) is 14.0 Å². The van der Waals surface area contributed by atoms with E-state index in [2.05, 4.69) is 4.74 Å². The second-order valence-corrected chi connectivity index (χ2v) is 3.36. The first-order valence-corrected chi connectivity index (χ1v) is 4.54. The lowest BCUT2D eigenvalue weighted by molar-refractivity contribution is -0.168. The van der Waals surface area contributed by atoms with Crippen molar-refractivity contribution in [1.82, 2.24) is 0 Å². The molecule has 1 aliphatic heterocycles. The lowest BCUT2D eigenvalue weighted by Gasteiger charge is -2.13. The molecular weight excluding hydrogens is 225 g/mol. The molecule has 0 bridgehead atoms. The van der Waals surface area contributed by atoms with E-state index in [0.29, 0.717) is 0 Å². The van der Waals surface area contributed by atoms with Crippen molar-refractivity contribution in [2.75, 3.05) is 6.61 Å². The summed E-state index contributed by atoms with van der Waals surface area (Å²) < 4.78 is 22.3. The number of hydrogen-bond acceptors (Lipinski definition) is 5. The van der Waals surface area contributed by atoms with Gasteiger partial charge in [0, 0.05) is 6.42 Å². The van der Waals surface area contributed by atoms with Gasteiger partial charge in [-0.15, -0.1) is 0 Å². The minimum absolute atomic E-state index is 0.0346. The Balaban J connectivity index is 2.39. The maximum absolute atomic E-state index is 12.9. The van der Waals surface area contributed by atoms with Crippen molar-refractivity contribution < 1.29 is 33.7 Å². The van der Waals surface area contributed by atoms with Gasteiger partial charge < -0.3 is 25.4 Å². The Morgan fingerprint density at radius 3 is 2.44 bits per heavy atom. The zero-order chi connectivity index (χ0) is 12.3. The van der Waals surface area contributed by atoms with Crippen LogP contribution in [-0.4, -0.2) is 53.4 Å². The summed E-state index contributed by atoms with van der Waals surface area (Å²) in [6.07, 6.45) is -5.14. The summed E-state index contributed by atoms with van der Waals surface area (Å²) in [4.78, 5) is 20.9. The van der Waals surface area contributed by atoms with Crippen LogP contribution in [0.25, 0.3) is 0 Å². The van der Waals surface area contributed by atoms with Gasteiger partial charge in [-0.2, -0.15) is 0 Å². The minimum Gasteiger partial charge on any atom is -0.479 e. The summed E-state index contributed by atoms with van der Waals surface area (Å²) in [7, 11) is 0. The number of hydrogen-bond donors (Lipinski definition) is 3. The van der Waals surface area contributed by atoms with Gasteiger partial charge >= 0.3 is 11.9 Å².